The minimum absolute atomic E-state index is 0.0357. The maximum Gasteiger partial charge on any atom is 0.298 e. The molecule has 1 saturated heterocycles. The molecule has 32 heavy (non-hydrogen) atoms. The number of likely N-dealkylation sites (tertiary alicyclic amines) is 1. The average Bonchev–Trinajstić information content (AvgIpc) is 3.42. The summed E-state index contributed by atoms with van der Waals surface area (Å²) in [6.45, 7) is 8.80. The maximum absolute atomic E-state index is 14.7. The lowest BCUT2D eigenvalue weighted by atomic mass is 10.2. The van der Waals surface area contributed by atoms with E-state index in [0.717, 1.165) is 27.5 Å². The SMILES string of the molecule is CC#CC(=O)N1C[C@H](F)[C@H](Oc2nc(Nc3ncc(C)s3)cc3c2ccn3CC(C)C)C1. The van der Waals surface area contributed by atoms with Crippen molar-refractivity contribution in [3.05, 3.63) is 29.4 Å². The Kier molecular flexibility index (Phi) is 6.33. The van der Waals surface area contributed by atoms with E-state index in [-0.39, 0.29) is 13.1 Å². The van der Waals surface area contributed by atoms with Crippen molar-refractivity contribution in [1.29, 1.82) is 0 Å². The minimum atomic E-state index is -1.31. The number of thiazole rings is 1. The first-order valence-corrected chi connectivity index (χ1v) is 11.4. The fourth-order valence-electron chi connectivity index (χ4n) is 3.73. The van der Waals surface area contributed by atoms with Crippen molar-refractivity contribution in [2.45, 2.75) is 46.5 Å². The van der Waals surface area contributed by atoms with Gasteiger partial charge in [-0.15, -0.1) is 11.3 Å². The van der Waals surface area contributed by atoms with Gasteiger partial charge in [0.2, 0.25) is 5.88 Å². The molecule has 4 heterocycles. The zero-order valence-corrected chi connectivity index (χ0v) is 19.4. The predicted molar refractivity (Wildman–Crippen MR) is 124 cm³/mol. The maximum atomic E-state index is 14.7. The first kappa shape index (κ1) is 22.1. The number of alkyl halides is 1. The monoisotopic (exact) mass is 455 g/mol. The molecule has 2 atom stereocenters. The third-order valence-corrected chi connectivity index (χ3v) is 5.96. The number of amides is 1. The predicted octanol–water partition coefficient (Wildman–Crippen LogP) is 4.15. The van der Waals surface area contributed by atoms with Crippen LogP contribution in [0.5, 0.6) is 5.88 Å². The Morgan fingerprint density at radius 1 is 1.44 bits per heavy atom. The summed E-state index contributed by atoms with van der Waals surface area (Å²) in [6, 6.07) is 3.89. The van der Waals surface area contributed by atoms with Crippen LogP contribution < -0.4 is 10.1 Å². The molecule has 0 radical (unpaired) electrons. The summed E-state index contributed by atoms with van der Waals surface area (Å²) in [7, 11) is 0. The lowest BCUT2D eigenvalue weighted by Gasteiger charge is -2.17. The lowest BCUT2D eigenvalue weighted by Crippen LogP contribution is -2.30. The fourth-order valence-corrected chi connectivity index (χ4v) is 4.40. The van der Waals surface area contributed by atoms with Gasteiger partial charge in [0.25, 0.3) is 5.91 Å². The van der Waals surface area contributed by atoms with Crippen LogP contribution in [0.15, 0.2) is 24.5 Å². The van der Waals surface area contributed by atoms with Crippen LogP contribution in [0.3, 0.4) is 0 Å². The van der Waals surface area contributed by atoms with E-state index in [4.69, 9.17) is 4.74 Å². The number of ether oxygens (including phenoxy) is 1. The van der Waals surface area contributed by atoms with Gasteiger partial charge in [0.05, 0.1) is 24.0 Å². The number of halogens is 1. The molecule has 4 rings (SSSR count). The molecule has 3 aromatic rings. The normalized spacial score (nSPS) is 18.1. The van der Waals surface area contributed by atoms with Crippen LogP contribution in [0.2, 0.25) is 0 Å². The number of rotatable bonds is 6. The number of fused-ring (bicyclic) bond motifs is 1. The zero-order chi connectivity index (χ0) is 22.8. The topological polar surface area (TPSA) is 72.3 Å². The molecule has 1 aliphatic rings. The molecule has 0 unspecified atom stereocenters. The summed E-state index contributed by atoms with van der Waals surface area (Å²) >= 11 is 1.53. The molecular weight excluding hydrogens is 429 g/mol. The lowest BCUT2D eigenvalue weighted by molar-refractivity contribution is -0.124. The van der Waals surface area contributed by atoms with Crippen LogP contribution in [0.25, 0.3) is 10.9 Å². The molecule has 168 valence electrons. The standard InChI is InChI=1S/C23H26FN5O2S/c1-5-6-21(30)29-12-17(24)19(13-29)31-22-16-7-8-28(11-14(2)3)18(16)9-20(26-22)27-23-25-10-15(4)32-23/h7-10,14,17,19H,11-13H2,1-4H3,(H,25,26,27)/t17-,19+/m0/s1. The van der Waals surface area contributed by atoms with Crippen molar-refractivity contribution in [3.8, 4) is 17.7 Å². The summed E-state index contributed by atoms with van der Waals surface area (Å²) in [5.74, 6) is 6.00. The van der Waals surface area contributed by atoms with Crippen LogP contribution in [0.1, 0.15) is 25.6 Å². The van der Waals surface area contributed by atoms with Crippen molar-refractivity contribution in [2.75, 3.05) is 18.4 Å². The second-order valence-electron chi connectivity index (χ2n) is 8.27. The largest absolute Gasteiger partial charge is 0.469 e. The van der Waals surface area contributed by atoms with Gasteiger partial charge in [-0.2, -0.15) is 4.98 Å². The first-order valence-electron chi connectivity index (χ1n) is 10.6. The number of nitrogens with one attached hydrogen (secondary N) is 1. The van der Waals surface area contributed by atoms with Crippen molar-refractivity contribution in [2.24, 2.45) is 5.92 Å². The number of carbonyl (C=O) groups excluding carboxylic acids is 1. The molecule has 0 aliphatic carbocycles. The van der Waals surface area contributed by atoms with Crippen molar-refractivity contribution >= 4 is 39.1 Å². The average molecular weight is 456 g/mol. The molecule has 0 saturated carbocycles. The Morgan fingerprint density at radius 2 is 2.25 bits per heavy atom. The molecular formula is C23H26FN5O2S. The van der Waals surface area contributed by atoms with Crippen LogP contribution in [-0.2, 0) is 11.3 Å². The molecule has 1 amide bonds. The number of pyridine rings is 1. The quantitative estimate of drug-likeness (QED) is 0.566. The smallest absolute Gasteiger partial charge is 0.298 e. The molecule has 1 fully saturated rings. The van der Waals surface area contributed by atoms with Gasteiger partial charge < -0.3 is 19.5 Å². The summed E-state index contributed by atoms with van der Waals surface area (Å²) in [5.41, 5.74) is 0.942. The van der Waals surface area contributed by atoms with Gasteiger partial charge in [0.15, 0.2) is 17.4 Å². The van der Waals surface area contributed by atoms with Gasteiger partial charge in [-0.05, 0) is 31.8 Å². The van der Waals surface area contributed by atoms with E-state index in [0.29, 0.717) is 17.6 Å². The number of hydrogen-bond donors (Lipinski definition) is 1. The van der Waals surface area contributed by atoms with E-state index in [2.05, 4.69) is 45.5 Å². The minimum Gasteiger partial charge on any atom is -0.469 e. The number of anilines is 2. The Balaban J connectivity index is 1.66. The van der Waals surface area contributed by atoms with Crippen LogP contribution >= 0.6 is 11.3 Å². The number of aryl methyl sites for hydroxylation is 1. The Morgan fingerprint density at radius 3 is 2.94 bits per heavy atom. The first-order chi connectivity index (χ1) is 15.3. The highest BCUT2D eigenvalue weighted by atomic mass is 32.1. The number of hydrogen-bond acceptors (Lipinski definition) is 6. The molecule has 1 N–H and O–H groups in total. The molecule has 9 heteroatoms. The molecule has 0 spiro atoms. The molecule has 3 aromatic heterocycles. The van der Waals surface area contributed by atoms with Crippen molar-refractivity contribution in [3.63, 3.8) is 0 Å². The van der Waals surface area contributed by atoms with Crippen LogP contribution in [0, 0.1) is 24.7 Å². The third-order valence-electron chi connectivity index (χ3n) is 5.13. The van der Waals surface area contributed by atoms with Gasteiger partial charge in [-0.1, -0.05) is 19.8 Å². The highest BCUT2D eigenvalue weighted by Gasteiger charge is 2.37. The Labute approximate surface area is 190 Å². The van der Waals surface area contributed by atoms with Gasteiger partial charge in [0, 0.05) is 29.9 Å². The van der Waals surface area contributed by atoms with E-state index in [9.17, 15) is 9.18 Å². The molecule has 0 aromatic carbocycles. The van der Waals surface area contributed by atoms with E-state index in [1.165, 1.54) is 16.2 Å². The zero-order valence-electron chi connectivity index (χ0n) is 18.6. The van der Waals surface area contributed by atoms with Gasteiger partial charge in [-0.25, -0.2) is 9.37 Å². The van der Waals surface area contributed by atoms with E-state index >= 15 is 0 Å². The van der Waals surface area contributed by atoms with Crippen LogP contribution in [-0.4, -0.2) is 50.7 Å². The highest BCUT2D eigenvalue weighted by Crippen LogP contribution is 2.32. The van der Waals surface area contributed by atoms with Gasteiger partial charge >= 0.3 is 0 Å². The van der Waals surface area contributed by atoms with Crippen LogP contribution in [0.4, 0.5) is 15.3 Å². The Bertz CT molecular complexity index is 1190. The van der Waals surface area contributed by atoms with Crippen molar-refractivity contribution in [1.82, 2.24) is 19.4 Å². The number of nitrogens with zero attached hydrogens (tertiary/aromatic N) is 4. The van der Waals surface area contributed by atoms with E-state index < -0.39 is 18.2 Å². The Hall–Kier alpha value is -3.12. The molecule has 7 nitrogen and oxygen atoms in total. The summed E-state index contributed by atoms with van der Waals surface area (Å²) < 4.78 is 22.9. The third kappa shape index (κ3) is 4.70. The molecule has 0 bridgehead atoms. The van der Waals surface area contributed by atoms with Crippen molar-refractivity contribution < 1.29 is 13.9 Å². The van der Waals surface area contributed by atoms with Gasteiger partial charge in [-0.3, -0.25) is 4.79 Å². The fraction of sp³-hybridized carbons (Fsp3) is 0.435. The number of aromatic nitrogens is 3. The van der Waals surface area contributed by atoms with E-state index in [1.54, 1.807) is 13.1 Å². The summed E-state index contributed by atoms with van der Waals surface area (Å²) in [4.78, 5) is 23.5. The highest BCUT2D eigenvalue weighted by molar-refractivity contribution is 7.15. The number of carbonyl (C=O) groups is 1. The van der Waals surface area contributed by atoms with E-state index in [1.807, 2.05) is 25.3 Å². The summed E-state index contributed by atoms with van der Waals surface area (Å²) in [6.07, 6.45) is 1.66. The second kappa shape index (κ2) is 9.17. The van der Waals surface area contributed by atoms with Gasteiger partial charge in [0.1, 0.15) is 5.82 Å². The second-order valence-corrected chi connectivity index (χ2v) is 9.50. The molecule has 1 aliphatic heterocycles. The summed E-state index contributed by atoms with van der Waals surface area (Å²) in [5, 5.41) is 4.76.